The van der Waals surface area contributed by atoms with Gasteiger partial charge in [0.2, 0.25) is 11.7 Å². The van der Waals surface area contributed by atoms with E-state index in [0.29, 0.717) is 17.8 Å². The van der Waals surface area contributed by atoms with Crippen molar-refractivity contribution < 1.29 is 22.4 Å². The van der Waals surface area contributed by atoms with Crippen molar-refractivity contribution in [1.82, 2.24) is 39.2 Å². The first-order valence-electron chi connectivity index (χ1n) is 10.7. The van der Waals surface area contributed by atoms with Crippen molar-refractivity contribution in [1.29, 1.82) is 0 Å². The Balaban J connectivity index is 1.46. The fraction of sp³-hybridized carbons (Fsp3) is 0.227. The number of alkyl halides is 2. The van der Waals surface area contributed by atoms with Crippen molar-refractivity contribution in [2.45, 2.75) is 18.9 Å². The van der Waals surface area contributed by atoms with Crippen molar-refractivity contribution in [3.8, 4) is 11.6 Å². The minimum atomic E-state index is -3.05. The lowest BCUT2D eigenvalue weighted by molar-refractivity contribution is 0.0640. The average Bonchev–Trinajstić information content (AvgIpc) is 3.62. The van der Waals surface area contributed by atoms with Crippen LogP contribution >= 0.6 is 0 Å². The first kappa shape index (κ1) is 21.1. The van der Waals surface area contributed by atoms with Gasteiger partial charge in [0.05, 0.1) is 17.7 Å². The molecule has 6 rings (SSSR count). The molecule has 1 aliphatic rings. The molecule has 0 saturated carbocycles. The minimum Gasteiger partial charge on any atom is -0.429 e. The van der Waals surface area contributed by atoms with Gasteiger partial charge >= 0.3 is 0 Å². The highest BCUT2D eigenvalue weighted by molar-refractivity contribution is 5.93. The number of rotatable bonds is 4. The molecule has 5 aromatic heterocycles. The van der Waals surface area contributed by atoms with Gasteiger partial charge in [-0.25, -0.2) is 27.7 Å². The van der Waals surface area contributed by atoms with E-state index in [4.69, 9.17) is 4.42 Å². The Morgan fingerprint density at radius 1 is 1.26 bits per heavy atom. The van der Waals surface area contributed by atoms with Gasteiger partial charge in [0.1, 0.15) is 23.1 Å². The summed E-state index contributed by atoms with van der Waals surface area (Å²) in [5.41, 5.74) is 1.26. The second kappa shape index (κ2) is 7.82. The largest absolute Gasteiger partial charge is 0.429 e. The molecule has 0 aromatic carbocycles. The zero-order valence-corrected chi connectivity index (χ0v) is 18.2. The molecule has 5 aromatic rings. The van der Waals surface area contributed by atoms with Gasteiger partial charge in [-0.3, -0.25) is 9.48 Å². The molecule has 0 saturated heterocycles. The average molecular weight is 482 g/mol. The van der Waals surface area contributed by atoms with Gasteiger partial charge in [0.15, 0.2) is 5.69 Å². The van der Waals surface area contributed by atoms with Crippen LogP contribution in [0.2, 0.25) is 0 Å². The molecule has 1 aliphatic heterocycles. The molecular formula is C22H17F3N8O2. The number of carbonyl (C=O) groups is 1. The summed E-state index contributed by atoms with van der Waals surface area (Å²) < 4.78 is 50.5. The molecule has 1 atom stereocenters. The maximum absolute atomic E-state index is 14.4. The molecule has 178 valence electrons. The third-order valence-electron chi connectivity index (χ3n) is 5.92. The topological polar surface area (TPSA) is 110 Å². The lowest BCUT2D eigenvalue weighted by Crippen LogP contribution is -2.41. The van der Waals surface area contributed by atoms with Crippen LogP contribution in [0.5, 0.6) is 0 Å². The summed E-state index contributed by atoms with van der Waals surface area (Å²) in [6.45, 7) is 0.164. The SMILES string of the molecule is Cn1ccc(-c2nc(C(F)F)c(C(=O)N3CCc4[nH]cnc4C3c3cc4c(F)cccn4n3)o2)n1. The number of aromatic amines is 1. The number of amides is 1. The van der Waals surface area contributed by atoms with Gasteiger partial charge in [-0.1, -0.05) is 0 Å². The van der Waals surface area contributed by atoms with Crippen molar-refractivity contribution >= 4 is 11.4 Å². The Morgan fingerprint density at radius 2 is 2.11 bits per heavy atom. The van der Waals surface area contributed by atoms with E-state index in [-0.39, 0.29) is 23.6 Å². The maximum atomic E-state index is 14.4. The quantitative estimate of drug-likeness (QED) is 0.421. The predicted molar refractivity (Wildman–Crippen MR) is 114 cm³/mol. The van der Waals surface area contributed by atoms with Crippen LogP contribution in [0.25, 0.3) is 17.1 Å². The molecule has 0 spiro atoms. The van der Waals surface area contributed by atoms with Crippen molar-refractivity contribution in [2.75, 3.05) is 6.54 Å². The Kier molecular flexibility index (Phi) is 4.72. The molecule has 0 radical (unpaired) electrons. The molecule has 10 nitrogen and oxygen atoms in total. The van der Waals surface area contributed by atoms with E-state index in [0.717, 1.165) is 5.69 Å². The lowest BCUT2D eigenvalue weighted by atomic mass is 9.99. The number of H-pyrrole nitrogens is 1. The number of hydrogen-bond acceptors (Lipinski definition) is 6. The zero-order chi connectivity index (χ0) is 24.3. The standard InChI is InChI=1S/C22H17F3N8O2/c1-31-7-4-13(29-31)21-28-17(20(24)25)19(35-21)22(34)32-8-5-12-16(27-10-26-12)18(32)14-9-15-11(23)3-2-6-33(15)30-14/h2-4,6-7,9-10,18,20H,5,8H2,1H3,(H,26,27). The third-order valence-corrected chi connectivity index (χ3v) is 5.92. The van der Waals surface area contributed by atoms with E-state index in [1.165, 1.54) is 38.6 Å². The van der Waals surface area contributed by atoms with Crippen molar-refractivity contribution in [3.63, 3.8) is 0 Å². The Morgan fingerprint density at radius 3 is 2.86 bits per heavy atom. The minimum absolute atomic E-state index is 0.164. The molecule has 6 heterocycles. The summed E-state index contributed by atoms with van der Waals surface area (Å²) in [5.74, 6) is -2.06. The maximum Gasteiger partial charge on any atom is 0.292 e. The van der Waals surface area contributed by atoms with Crippen LogP contribution in [0.4, 0.5) is 13.2 Å². The van der Waals surface area contributed by atoms with Crippen molar-refractivity contribution in [3.05, 3.63) is 77.3 Å². The van der Waals surface area contributed by atoms with Gasteiger partial charge in [-0.15, -0.1) is 0 Å². The normalized spacial score (nSPS) is 15.8. The second-order valence-electron chi connectivity index (χ2n) is 8.08. The summed E-state index contributed by atoms with van der Waals surface area (Å²) >= 11 is 0. The molecule has 13 heteroatoms. The smallest absolute Gasteiger partial charge is 0.292 e. The predicted octanol–water partition coefficient (Wildman–Crippen LogP) is 3.31. The highest BCUT2D eigenvalue weighted by Gasteiger charge is 2.40. The Labute approximate surface area is 195 Å². The van der Waals surface area contributed by atoms with Gasteiger partial charge < -0.3 is 14.3 Å². The number of imidazole rings is 1. The first-order chi connectivity index (χ1) is 16.9. The fourth-order valence-electron chi connectivity index (χ4n) is 4.33. The molecular weight excluding hydrogens is 465 g/mol. The zero-order valence-electron chi connectivity index (χ0n) is 18.2. The molecule has 1 N–H and O–H groups in total. The molecule has 1 amide bonds. The van der Waals surface area contributed by atoms with E-state index in [1.807, 2.05) is 0 Å². The molecule has 0 aliphatic carbocycles. The second-order valence-corrected chi connectivity index (χ2v) is 8.08. The van der Waals surface area contributed by atoms with Crippen LogP contribution in [-0.4, -0.2) is 51.7 Å². The van der Waals surface area contributed by atoms with E-state index in [1.54, 1.807) is 25.5 Å². The Bertz CT molecular complexity index is 1570. The molecule has 1 unspecified atom stereocenters. The third kappa shape index (κ3) is 3.38. The number of nitrogens with one attached hydrogen (secondary N) is 1. The molecule has 0 bridgehead atoms. The molecule has 35 heavy (non-hydrogen) atoms. The summed E-state index contributed by atoms with van der Waals surface area (Å²) in [6, 6.07) is 5.00. The van der Waals surface area contributed by atoms with Crippen molar-refractivity contribution in [2.24, 2.45) is 7.05 Å². The van der Waals surface area contributed by atoms with Gasteiger partial charge in [0.25, 0.3) is 12.3 Å². The van der Waals surface area contributed by atoms with Gasteiger partial charge in [-0.2, -0.15) is 10.2 Å². The monoisotopic (exact) mass is 482 g/mol. The number of aryl methyl sites for hydroxylation is 1. The number of fused-ring (bicyclic) bond motifs is 2. The van der Waals surface area contributed by atoms with Gasteiger partial charge in [-0.05, 0) is 24.3 Å². The fourth-order valence-corrected chi connectivity index (χ4v) is 4.33. The number of aromatic nitrogens is 7. The van der Waals surface area contributed by atoms with E-state index < -0.39 is 35.6 Å². The van der Waals surface area contributed by atoms with Crippen LogP contribution in [0.3, 0.4) is 0 Å². The van der Waals surface area contributed by atoms with Gasteiger partial charge in [0, 0.05) is 38.1 Å². The van der Waals surface area contributed by atoms with Crippen LogP contribution < -0.4 is 0 Å². The summed E-state index contributed by atoms with van der Waals surface area (Å²) in [5, 5.41) is 8.55. The van der Waals surface area contributed by atoms with Crippen LogP contribution in [-0.2, 0) is 13.5 Å². The van der Waals surface area contributed by atoms with E-state index >= 15 is 0 Å². The number of nitrogens with zero attached hydrogens (tertiary/aromatic N) is 7. The highest BCUT2D eigenvalue weighted by atomic mass is 19.3. The number of halogens is 3. The summed E-state index contributed by atoms with van der Waals surface area (Å²) in [7, 11) is 1.66. The number of carbonyl (C=O) groups excluding carboxylic acids is 1. The van der Waals surface area contributed by atoms with Crippen LogP contribution in [0, 0.1) is 5.82 Å². The van der Waals surface area contributed by atoms with E-state index in [2.05, 4.69) is 25.1 Å². The van der Waals surface area contributed by atoms with E-state index in [9.17, 15) is 18.0 Å². The summed E-state index contributed by atoms with van der Waals surface area (Å²) in [4.78, 5) is 26.2. The molecule has 0 fully saturated rings. The summed E-state index contributed by atoms with van der Waals surface area (Å²) in [6.07, 6.45) is 2.02. The number of pyridine rings is 1. The lowest BCUT2D eigenvalue weighted by Gasteiger charge is -2.33. The first-order valence-corrected chi connectivity index (χ1v) is 10.7. The Hall–Kier alpha value is -4.42. The highest BCUT2D eigenvalue weighted by Crippen LogP contribution is 2.36. The van der Waals surface area contributed by atoms with Crippen LogP contribution in [0.1, 0.15) is 45.8 Å². The number of oxazole rings is 1. The number of hydrogen-bond donors (Lipinski definition) is 1. The van der Waals surface area contributed by atoms with Crippen LogP contribution in [0.15, 0.2) is 47.4 Å².